The number of thiazole rings is 1. The minimum atomic E-state index is -0.581. The molecule has 142 valence electrons. The Bertz CT molecular complexity index is 1110. The summed E-state index contributed by atoms with van der Waals surface area (Å²) < 4.78 is 32.3. The van der Waals surface area contributed by atoms with Crippen LogP contribution in [-0.2, 0) is 11.2 Å². The predicted molar refractivity (Wildman–Crippen MR) is 102 cm³/mol. The number of nitrogens with zero attached hydrogens (tertiary/aromatic N) is 3. The molecule has 3 heterocycles. The van der Waals surface area contributed by atoms with Crippen LogP contribution in [0.1, 0.15) is 12.3 Å². The van der Waals surface area contributed by atoms with Crippen LogP contribution in [0.3, 0.4) is 0 Å². The van der Waals surface area contributed by atoms with Gasteiger partial charge in [-0.2, -0.15) is 16.3 Å². The maximum atomic E-state index is 13.8. The van der Waals surface area contributed by atoms with Crippen LogP contribution < -0.4 is 5.32 Å². The van der Waals surface area contributed by atoms with Crippen molar-refractivity contribution in [2.24, 2.45) is 0 Å². The first kappa shape index (κ1) is 18.4. The molecule has 0 aliphatic carbocycles. The number of carbonyl (C=O) groups excluding carboxylic acids is 1. The number of benzene rings is 1. The standard InChI is InChI=1S/C18H12F2N4O2S2/c19-11-1-2-13(20)12(7-11)14-9-28-18(21-14)22-15(25)3-4-16-23-17(24-26-16)10-5-6-27-8-10/h1-2,5-9H,3-4H2,(H,21,22,25). The zero-order valence-corrected chi connectivity index (χ0v) is 15.8. The predicted octanol–water partition coefficient (Wildman–Crippen LogP) is 4.77. The van der Waals surface area contributed by atoms with E-state index in [1.807, 2.05) is 16.8 Å². The van der Waals surface area contributed by atoms with E-state index in [4.69, 9.17) is 4.52 Å². The molecule has 10 heteroatoms. The number of rotatable bonds is 6. The lowest BCUT2D eigenvalue weighted by atomic mass is 10.1. The normalized spacial score (nSPS) is 10.9. The van der Waals surface area contributed by atoms with E-state index >= 15 is 0 Å². The lowest BCUT2D eigenvalue weighted by molar-refractivity contribution is -0.116. The number of hydrogen-bond acceptors (Lipinski definition) is 7. The number of amides is 1. The Kier molecular flexibility index (Phi) is 5.22. The van der Waals surface area contributed by atoms with Crippen LogP contribution in [0.2, 0.25) is 0 Å². The molecule has 6 nitrogen and oxygen atoms in total. The van der Waals surface area contributed by atoms with Crippen molar-refractivity contribution in [3.63, 3.8) is 0 Å². The molecule has 1 amide bonds. The Morgan fingerprint density at radius 2 is 2.07 bits per heavy atom. The largest absolute Gasteiger partial charge is 0.339 e. The van der Waals surface area contributed by atoms with Crippen molar-refractivity contribution in [2.45, 2.75) is 12.8 Å². The molecule has 0 radical (unpaired) electrons. The summed E-state index contributed by atoms with van der Waals surface area (Å²) in [6.07, 6.45) is 0.397. The smallest absolute Gasteiger partial charge is 0.227 e. The Morgan fingerprint density at radius 1 is 1.18 bits per heavy atom. The van der Waals surface area contributed by atoms with Gasteiger partial charge in [0.15, 0.2) is 5.13 Å². The third-order valence-corrected chi connectivity index (χ3v) is 5.21. The Balaban J connectivity index is 1.36. The summed E-state index contributed by atoms with van der Waals surface area (Å²) in [4.78, 5) is 20.5. The van der Waals surface area contributed by atoms with Crippen molar-refractivity contribution in [1.82, 2.24) is 15.1 Å². The van der Waals surface area contributed by atoms with Gasteiger partial charge >= 0.3 is 0 Å². The molecule has 3 aromatic heterocycles. The van der Waals surface area contributed by atoms with E-state index in [1.165, 1.54) is 11.3 Å². The zero-order valence-electron chi connectivity index (χ0n) is 14.2. The first-order chi connectivity index (χ1) is 13.6. The molecule has 28 heavy (non-hydrogen) atoms. The molecule has 0 unspecified atom stereocenters. The van der Waals surface area contributed by atoms with E-state index in [1.54, 1.807) is 5.38 Å². The second-order valence-corrected chi connectivity index (χ2v) is 7.37. The average Bonchev–Trinajstić information content (AvgIpc) is 3.43. The van der Waals surface area contributed by atoms with Gasteiger partial charge in [0, 0.05) is 34.7 Å². The first-order valence-corrected chi connectivity index (χ1v) is 9.97. The molecule has 0 fully saturated rings. The van der Waals surface area contributed by atoms with E-state index < -0.39 is 11.6 Å². The number of hydrogen-bond donors (Lipinski definition) is 1. The molecule has 0 bridgehead atoms. The highest BCUT2D eigenvalue weighted by Crippen LogP contribution is 2.27. The van der Waals surface area contributed by atoms with E-state index in [9.17, 15) is 13.6 Å². The van der Waals surface area contributed by atoms with Crippen molar-refractivity contribution in [2.75, 3.05) is 5.32 Å². The lowest BCUT2D eigenvalue weighted by Gasteiger charge is -2.00. The summed E-state index contributed by atoms with van der Waals surface area (Å²) in [5.74, 6) is -0.592. The van der Waals surface area contributed by atoms with E-state index in [2.05, 4.69) is 20.4 Å². The van der Waals surface area contributed by atoms with Crippen molar-refractivity contribution < 1.29 is 18.1 Å². The highest BCUT2D eigenvalue weighted by molar-refractivity contribution is 7.14. The summed E-state index contributed by atoms with van der Waals surface area (Å²) >= 11 is 2.66. The molecule has 1 aromatic carbocycles. The van der Waals surface area contributed by atoms with Crippen LogP contribution in [0.4, 0.5) is 13.9 Å². The fourth-order valence-electron chi connectivity index (χ4n) is 2.42. The van der Waals surface area contributed by atoms with Gasteiger partial charge in [0.25, 0.3) is 0 Å². The molecule has 4 aromatic rings. The van der Waals surface area contributed by atoms with Gasteiger partial charge in [0.1, 0.15) is 11.6 Å². The van der Waals surface area contributed by atoms with Gasteiger partial charge in [-0.1, -0.05) is 5.16 Å². The SMILES string of the molecule is O=C(CCc1nc(-c2ccsc2)no1)Nc1nc(-c2cc(F)ccc2F)cs1. The molecule has 0 saturated carbocycles. The maximum absolute atomic E-state index is 13.8. The molecule has 0 aliphatic heterocycles. The van der Waals surface area contributed by atoms with Crippen LogP contribution in [0.15, 0.2) is 44.9 Å². The van der Waals surface area contributed by atoms with Crippen molar-refractivity contribution in [1.29, 1.82) is 0 Å². The molecule has 0 spiro atoms. The number of halogens is 2. The Hall–Kier alpha value is -2.98. The average molecular weight is 418 g/mol. The monoisotopic (exact) mass is 418 g/mol. The fraction of sp³-hybridized carbons (Fsp3) is 0.111. The number of aryl methyl sites for hydroxylation is 1. The lowest BCUT2D eigenvalue weighted by Crippen LogP contribution is -2.12. The molecule has 1 N–H and O–H groups in total. The Labute approximate surface area is 165 Å². The topological polar surface area (TPSA) is 80.9 Å². The molecular weight excluding hydrogens is 406 g/mol. The van der Waals surface area contributed by atoms with Crippen LogP contribution in [0, 0.1) is 11.6 Å². The zero-order chi connectivity index (χ0) is 19.5. The summed E-state index contributed by atoms with van der Waals surface area (Å²) in [6, 6.07) is 5.02. The van der Waals surface area contributed by atoms with Gasteiger partial charge in [-0.3, -0.25) is 4.79 Å². The van der Waals surface area contributed by atoms with Crippen molar-refractivity contribution in [3.05, 3.63) is 57.9 Å². The highest BCUT2D eigenvalue weighted by atomic mass is 32.1. The third-order valence-electron chi connectivity index (χ3n) is 3.77. The number of anilines is 1. The van der Waals surface area contributed by atoms with Crippen LogP contribution in [-0.4, -0.2) is 21.0 Å². The summed E-state index contributed by atoms with van der Waals surface area (Å²) in [5, 5.41) is 12.2. The third kappa shape index (κ3) is 4.12. The number of aromatic nitrogens is 3. The minimum Gasteiger partial charge on any atom is -0.339 e. The highest BCUT2D eigenvalue weighted by Gasteiger charge is 2.14. The summed E-state index contributed by atoms with van der Waals surface area (Å²) in [6.45, 7) is 0. The van der Waals surface area contributed by atoms with Gasteiger partial charge in [0.05, 0.1) is 5.69 Å². The van der Waals surface area contributed by atoms with Crippen molar-refractivity contribution >= 4 is 33.7 Å². The van der Waals surface area contributed by atoms with Crippen molar-refractivity contribution in [3.8, 4) is 22.6 Å². The summed E-state index contributed by atoms with van der Waals surface area (Å²) in [5.41, 5.74) is 1.17. The number of thiophene rings is 1. The fourth-order valence-corrected chi connectivity index (χ4v) is 3.78. The van der Waals surface area contributed by atoms with Gasteiger partial charge in [0.2, 0.25) is 17.6 Å². The minimum absolute atomic E-state index is 0.0450. The first-order valence-electron chi connectivity index (χ1n) is 8.14. The van der Waals surface area contributed by atoms with E-state index in [0.717, 1.165) is 35.1 Å². The molecule has 0 atom stereocenters. The molecule has 4 rings (SSSR count). The Morgan fingerprint density at radius 3 is 2.89 bits per heavy atom. The molecule has 0 aliphatic rings. The van der Waals surface area contributed by atoms with Gasteiger partial charge < -0.3 is 9.84 Å². The summed E-state index contributed by atoms with van der Waals surface area (Å²) in [7, 11) is 0. The second-order valence-electron chi connectivity index (χ2n) is 5.73. The van der Waals surface area contributed by atoms with Crippen LogP contribution in [0.5, 0.6) is 0 Å². The van der Waals surface area contributed by atoms with Gasteiger partial charge in [-0.05, 0) is 29.6 Å². The second kappa shape index (κ2) is 7.95. The van der Waals surface area contributed by atoms with E-state index in [0.29, 0.717) is 16.8 Å². The van der Waals surface area contributed by atoms with Crippen LogP contribution >= 0.6 is 22.7 Å². The quantitative estimate of drug-likeness (QED) is 0.488. The number of carbonyl (C=O) groups is 1. The van der Waals surface area contributed by atoms with Gasteiger partial charge in [-0.15, -0.1) is 11.3 Å². The van der Waals surface area contributed by atoms with Crippen LogP contribution in [0.25, 0.3) is 22.6 Å². The molecular formula is C18H12F2N4O2S2. The maximum Gasteiger partial charge on any atom is 0.227 e. The molecule has 0 saturated heterocycles. The van der Waals surface area contributed by atoms with Gasteiger partial charge in [-0.25, -0.2) is 13.8 Å². The number of nitrogens with one attached hydrogen (secondary N) is 1. The van der Waals surface area contributed by atoms with E-state index in [-0.39, 0.29) is 30.0 Å².